The number of nitrogens with zero attached hydrogens (tertiary/aromatic N) is 1. The summed E-state index contributed by atoms with van der Waals surface area (Å²) >= 11 is 0. The second-order valence-electron chi connectivity index (χ2n) is 7.81. The van der Waals surface area contributed by atoms with Crippen LogP contribution in [0.1, 0.15) is 36.3 Å². The van der Waals surface area contributed by atoms with E-state index >= 15 is 0 Å². The van der Waals surface area contributed by atoms with Gasteiger partial charge in [0, 0.05) is 18.9 Å². The maximum atomic E-state index is 12.6. The number of carbonyl (C=O) groups excluding carboxylic acids is 1. The fraction of sp³-hybridized carbons (Fsp3) is 0.240. The van der Waals surface area contributed by atoms with Crippen LogP contribution in [-0.2, 0) is 11.3 Å². The molecule has 5 rings (SSSR count). The highest BCUT2D eigenvalue weighted by Crippen LogP contribution is 2.61. The summed E-state index contributed by atoms with van der Waals surface area (Å²) in [4.78, 5) is 14.7. The SMILES string of the molecule is O=C1CCC2(CC2c2ccc(-c3ccccc3)cc2)N1Cc1ccccc1. The van der Waals surface area contributed by atoms with Gasteiger partial charge in [-0.3, -0.25) is 4.79 Å². The molecule has 2 aliphatic rings. The second kappa shape index (κ2) is 6.38. The summed E-state index contributed by atoms with van der Waals surface area (Å²) in [6.45, 7) is 0.734. The molecule has 2 atom stereocenters. The van der Waals surface area contributed by atoms with E-state index < -0.39 is 0 Å². The summed E-state index contributed by atoms with van der Waals surface area (Å²) in [7, 11) is 0. The van der Waals surface area contributed by atoms with Gasteiger partial charge in [0.25, 0.3) is 0 Å². The summed E-state index contributed by atoms with van der Waals surface area (Å²) in [5, 5.41) is 0. The molecule has 134 valence electrons. The lowest BCUT2D eigenvalue weighted by molar-refractivity contribution is -0.130. The van der Waals surface area contributed by atoms with Gasteiger partial charge in [0.1, 0.15) is 0 Å². The number of amides is 1. The highest BCUT2D eigenvalue weighted by atomic mass is 16.2. The molecule has 1 heterocycles. The molecule has 1 saturated carbocycles. The third-order valence-corrected chi connectivity index (χ3v) is 6.26. The molecule has 27 heavy (non-hydrogen) atoms. The third kappa shape index (κ3) is 2.86. The van der Waals surface area contributed by atoms with E-state index in [1.165, 1.54) is 22.3 Å². The first-order valence-corrected chi connectivity index (χ1v) is 9.76. The van der Waals surface area contributed by atoms with Crippen LogP contribution in [0, 0.1) is 0 Å². The Kier molecular flexibility index (Phi) is 3.86. The van der Waals surface area contributed by atoms with Gasteiger partial charge in [-0.25, -0.2) is 0 Å². The largest absolute Gasteiger partial charge is 0.332 e. The van der Waals surface area contributed by atoms with Crippen LogP contribution in [0.25, 0.3) is 11.1 Å². The monoisotopic (exact) mass is 353 g/mol. The summed E-state index contributed by atoms with van der Waals surface area (Å²) in [5.74, 6) is 0.778. The predicted molar refractivity (Wildman–Crippen MR) is 108 cm³/mol. The van der Waals surface area contributed by atoms with Crippen molar-refractivity contribution in [2.24, 2.45) is 0 Å². The molecule has 0 radical (unpaired) electrons. The molecule has 0 N–H and O–H groups in total. The van der Waals surface area contributed by atoms with Crippen LogP contribution in [0.5, 0.6) is 0 Å². The van der Waals surface area contributed by atoms with Crippen molar-refractivity contribution in [1.29, 1.82) is 0 Å². The minimum Gasteiger partial charge on any atom is -0.332 e. The van der Waals surface area contributed by atoms with Gasteiger partial charge in [0.2, 0.25) is 5.91 Å². The summed E-state index contributed by atoms with van der Waals surface area (Å²) in [5.41, 5.74) is 5.12. The Morgan fingerprint density at radius 3 is 2.15 bits per heavy atom. The zero-order valence-corrected chi connectivity index (χ0v) is 15.3. The maximum absolute atomic E-state index is 12.6. The molecule has 2 fully saturated rings. The van der Waals surface area contributed by atoms with E-state index in [9.17, 15) is 4.79 Å². The lowest BCUT2D eigenvalue weighted by Gasteiger charge is -2.26. The fourth-order valence-corrected chi connectivity index (χ4v) is 4.69. The van der Waals surface area contributed by atoms with E-state index in [0.29, 0.717) is 18.2 Å². The quantitative estimate of drug-likeness (QED) is 0.615. The Balaban J connectivity index is 1.37. The first kappa shape index (κ1) is 16.3. The first-order chi connectivity index (χ1) is 13.3. The van der Waals surface area contributed by atoms with E-state index in [2.05, 4.69) is 77.7 Å². The lowest BCUT2D eigenvalue weighted by atomic mass is 9.99. The molecule has 1 spiro atoms. The average Bonchev–Trinajstić information content (AvgIpc) is 3.39. The molecule has 1 saturated heterocycles. The highest BCUT2D eigenvalue weighted by Gasteiger charge is 2.62. The van der Waals surface area contributed by atoms with Gasteiger partial charge in [-0.15, -0.1) is 0 Å². The van der Waals surface area contributed by atoms with Gasteiger partial charge in [-0.1, -0.05) is 84.9 Å². The number of rotatable bonds is 4. The van der Waals surface area contributed by atoms with Crippen molar-refractivity contribution >= 4 is 5.91 Å². The van der Waals surface area contributed by atoms with Crippen LogP contribution < -0.4 is 0 Å². The molecular weight excluding hydrogens is 330 g/mol. The van der Waals surface area contributed by atoms with Gasteiger partial charge in [0.05, 0.1) is 5.54 Å². The Morgan fingerprint density at radius 2 is 1.44 bits per heavy atom. The van der Waals surface area contributed by atoms with E-state index in [-0.39, 0.29) is 5.54 Å². The summed E-state index contributed by atoms with van der Waals surface area (Å²) < 4.78 is 0. The Bertz CT molecular complexity index is 949. The lowest BCUT2D eigenvalue weighted by Crippen LogP contribution is -2.35. The van der Waals surface area contributed by atoms with Crippen molar-refractivity contribution in [3.05, 3.63) is 96.1 Å². The van der Waals surface area contributed by atoms with Crippen molar-refractivity contribution in [1.82, 2.24) is 4.90 Å². The number of benzene rings is 3. The minimum atomic E-state index is 0.0428. The number of hydrogen-bond acceptors (Lipinski definition) is 1. The molecule has 0 aromatic heterocycles. The molecule has 1 amide bonds. The van der Waals surface area contributed by atoms with Crippen LogP contribution >= 0.6 is 0 Å². The summed E-state index contributed by atoms with van der Waals surface area (Å²) in [6.07, 6.45) is 2.77. The van der Waals surface area contributed by atoms with Crippen LogP contribution in [0.4, 0.5) is 0 Å². The molecule has 2 unspecified atom stereocenters. The average molecular weight is 353 g/mol. The fourth-order valence-electron chi connectivity index (χ4n) is 4.69. The van der Waals surface area contributed by atoms with Crippen molar-refractivity contribution in [2.75, 3.05) is 0 Å². The minimum absolute atomic E-state index is 0.0428. The molecule has 2 heteroatoms. The Morgan fingerprint density at radius 1 is 0.815 bits per heavy atom. The Hall–Kier alpha value is -2.87. The molecule has 2 nitrogen and oxygen atoms in total. The maximum Gasteiger partial charge on any atom is 0.223 e. The van der Waals surface area contributed by atoms with Crippen molar-refractivity contribution in [2.45, 2.75) is 37.3 Å². The highest BCUT2D eigenvalue weighted by molar-refractivity contribution is 5.81. The smallest absolute Gasteiger partial charge is 0.223 e. The number of likely N-dealkylation sites (tertiary alicyclic amines) is 1. The van der Waals surface area contributed by atoms with Crippen LogP contribution in [0.15, 0.2) is 84.9 Å². The van der Waals surface area contributed by atoms with Gasteiger partial charge < -0.3 is 4.90 Å². The first-order valence-electron chi connectivity index (χ1n) is 9.76. The summed E-state index contributed by atoms with van der Waals surface area (Å²) in [6, 6.07) is 29.8. The van der Waals surface area contributed by atoms with Crippen molar-refractivity contribution < 1.29 is 4.79 Å². The second-order valence-corrected chi connectivity index (χ2v) is 7.81. The van der Waals surface area contributed by atoms with Gasteiger partial charge in [-0.05, 0) is 35.1 Å². The molecule has 3 aromatic rings. The number of carbonyl (C=O) groups is 1. The van der Waals surface area contributed by atoms with Crippen LogP contribution in [-0.4, -0.2) is 16.3 Å². The number of hydrogen-bond donors (Lipinski definition) is 0. The molecule has 1 aliphatic heterocycles. The van der Waals surface area contributed by atoms with Crippen molar-refractivity contribution in [3.63, 3.8) is 0 Å². The molecule has 0 bridgehead atoms. The standard InChI is InChI=1S/C25H23NO/c27-24-15-16-25(26(24)18-19-7-3-1-4-8-19)17-23(25)22-13-11-21(12-14-22)20-9-5-2-6-10-20/h1-14,23H,15-18H2. The zero-order valence-electron chi connectivity index (χ0n) is 15.3. The van der Waals surface area contributed by atoms with E-state index in [0.717, 1.165) is 19.4 Å². The topological polar surface area (TPSA) is 20.3 Å². The third-order valence-electron chi connectivity index (χ3n) is 6.26. The van der Waals surface area contributed by atoms with E-state index in [1.807, 2.05) is 12.1 Å². The zero-order chi connectivity index (χ0) is 18.3. The Labute approximate surface area is 160 Å². The predicted octanol–water partition coefficient (Wildman–Crippen LogP) is 5.40. The van der Waals surface area contributed by atoms with E-state index in [4.69, 9.17) is 0 Å². The molecule has 3 aromatic carbocycles. The molecular formula is C25H23NO. The normalized spacial score (nSPS) is 23.8. The van der Waals surface area contributed by atoms with Gasteiger partial charge >= 0.3 is 0 Å². The van der Waals surface area contributed by atoms with Crippen molar-refractivity contribution in [3.8, 4) is 11.1 Å². The van der Waals surface area contributed by atoms with Gasteiger partial charge in [0.15, 0.2) is 0 Å². The van der Waals surface area contributed by atoms with Crippen LogP contribution in [0.2, 0.25) is 0 Å². The van der Waals surface area contributed by atoms with Crippen LogP contribution in [0.3, 0.4) is 0 Å². The van der Waals surface area contributed by atoms with E-state index in [1.54, 1.807) is 0 Å². The van der Waals surface area contributed by atoms with Gasteiger partial charge in [-0.2, -0.15) is 0 Å². The molecule has 1 aliphatic carbocycles.